The molecule has 0 saturated carbocycles. The predicted molar refractivity (Wildman–Crippen MR) is 22.5 cm³/mol. The minimum atomic E-state index is -2.52. The molecule has 0 aliphatic heterocycles. The molecule has 36 valence electrons. The molecular formula is H4MgO4S. The largest absolute Gasteiger partial charge is 2.00 e. The van der Waals surface area contributed by atoms with Crippen molar-refractivity contribution in [1.82, 2.24) is 0 Å². The van der Waals surface area contributed by atoms with Crippen molar-refractivity contribution in [2.24, 2.45) is 0 Å². The Morgan fingerprint density at radius 3 is 2.00 bits per heavy atom. The summed E-state index contributed by atoms with van der Waals surface area (Å²) in [5.41, 5.74) is 0. The SMILES string of the molecule is O=S(O)OO.[H-].[H-].[Mg+2]. The summed E-state index contributed by atoms with van der Waals surface area (Å²) in [5.74, 6) is 0. The molecule has 0 spiro atoms. The quantitative estimate of drug-likeness (QED) is 0.213. The first kappa shape index (κ1) is 9.93. The van der Waals surface area contributed by atoms with Gasteiger partial charge in [0.05, 0.1) is 0 Å². The summed E-state index contributed by atoms with van der Waals surface area (Å²) in [6, 6.07) is 0. The second-order valence-electron chi connectivity index (χ2n) is 0.292. The molecule has 6 heteroatoms. The van der Waals surface area contributed by atoms with E-state index in [0.29, 0.717) is 0 Å². The summed E-state index contributed by atoms with van der Waals surface area (Å²) < 4.78 is 19.1. The maximum Gasteiger partial charge on any atom is 2.00 e. The van der Waals surface area contributed by atoms with Gasteiger partial charge in [-0.3, -0.25) is 4.55 Å². The van der Waals surface area contributed by atoms with Crippen molar-refractivity contribution in [2.75, 3.05) is 0 Å². The third-order valence-electron chi connectivity index (χ3n) is 0.0638. The van der Waals surface area contributed by atoms with Crippen LogP contribution in [0, 0.1) is 0 Å². The molecule has 0 aliphatic rings. The summed E-state index contributed by atoms with van der Waals surface area (Å²) in [4.78, 5) is 0. The average Bonchev–Trinajstić information content (AvgIpc) is 1.38. The van der Waals surface area contributed by atoms with Crippen molar-refractivity contribution in [3.63, 3.8) is 0 Å². The molecule has 0 saturated heterocycles. The smallest absolute Gasteiger partial charge is 1.00 e. The van der Waals surface area contributed by atoms with Gasteiger partial charge in [-0.2, -0.15) is 4.21 Å². The molecule has 1 atom stereocenters. The molecule has 0 heterocycles. The van der Waals surface area contributed by atoms with E-state index in [9.17, 15) is 0 Å². The van der Waals surface area contributed by atoms with Gasteiger partial charge in [0, 0.05) is 0 Å². The zero-order valence-corrected chi connectivity index (χ0v) is 5.06. The maximum absolute atomic E-state index is 9.01. The summed E-state index contributed by atoms with van der Waals surface area (Å²) >= 11 is -2.52. The van der Waals surface area contributed by atoms with Gasteiger partial charge in [0.15, 0.2) is 0 Å². The molecule has 4 nitrogen and oxygen atoms in total. The summed E-state index contributed by atoms with van der Waals surface area (Å²) in [6.07, 6.45) is 0. The van der Waals surface area contributed by atoms with Gasteiger partial charge in [-0.1, -0.05) is 0 Å². The third kappa shape index (κ3) is 8.84. The first-order valence-corrected chi connectivity index (χ1v) is 1.73. The van der Waals surface area contributed by atoms with Crippen molar-refractivity contribution in [1.29, 1.82) is 0 Å². The number of rotatable bonds is 1. The Morgan fingerprint density at radius 2 is 2.00 bits per heavy atom. The molecule has 0 aromatic carbocycles. The molecule has 0 radical (unpaired) electrons. The second-order valence-corrected chi connectivity index (χ2v) is 0.875. The van der Waals surface area contributed by atoms with Gasteiger partial charge in [0.1, 0.15) is 0 Å². The molecule has 0 amide bonds. The fourth-order valence-electron chi connectivity index (χ4n) is 0. The van der Waals surface area contributed by atoms with Crippen molar-refractivity contribution in [2.45, 2.75) is 0 Å². The van der Waals surface area contributed by atoms with Crippen LogP contribution < -0.4 is 0 Å². The van der Waals surface area contributed by atoms with E-state index in [1.165, 1.54) is 0 Å². The Kier molecular flexibility index (Phi) is 9.59. The molecule has 6 heavy (non-hydrogen) atoms. The summed E-state index contributed by atoms with van der Waals surface area (Å²) in [7, 11) is 0. The fourth-order valence-corrected chi connectivity index (χ4v) is 0. The zero-order valence-electron chi connectivity index (χ0n) is 4.83. The standard InChI is InChI=1S/Mg.H2O4S.2H/c;1-4-5(2)3;;/h;1H,(H,2,3);;/q+2;;2*-1. The molecule has 2 N–H and O–H groups in total. The molecular weight excluding hydrogens is 120 g/mol. The van der Waals surface area contributed by atoms with E-state index in [1.54, 1.807) is 0 Å². The van der Waals surface area contributed by atoms with Gasteiger partial charge in [0.2, 0.25) is 0 Å². The van der Waals surface area contributed by atoms with Crippen LogP contribution in [0.5, 0.6) is 0 Å². The Balaban J connectivity index is -0.0000000267. The van der Waals surface area contributed by atoms with E-state index < -0.39 is 11.4 Å². The van der Waals surface area contributed by atoms with Gasteiger partial charge in [-0.15, -0.1) is 4.33 Å². The van der Waals surface area contributed by atoms with E-state index >= 15 is 0 Å². The van der Waals surface area contributed by atoms with Crippen LogP contribution in [0.1, 0.15) is 2.85 Å². The van der Waals surface area contributed by atoms with Crippen molar-refractivity contribution in [3.8, 4) is 0 Å². The van der Waals surface area contributed by atoms with E-state index in [1.807, 2.05) is 0 Å². The van der Waals surface area contributed by atoms with Crippen LogP contribution in [-0.4, -0.2) is 37.1 Å². The Hall–Kier alpha value is 0.796. The Morgan fingerprint density at radius 1 is 1.83 bits per heavy atom. The Bertz CT molecular complexity index is 49.3. The van der Waals surface area contributed by atoms with Crippen LogP contribution in [0.15, 0.2) is 0 Å². The first-order chi connectivity index (χ1) is 2.27. The van der Waals surface area contributed by atoms with Gasteiger partial charge in [-0.25, -0.2) is 5.26 Å². The Labute approximate surface area is 56.0 Å². The van der Waals surface area contributed by atoms with E-state index in [0.717, 1.165) is 0 Å². The molecule has 1 unspecified atom stereocenters. The number of hydrogen-bond donors (Lipinski definition) is 2. The third-order valence-corrected chi connectivity index (χ3v) is 0.191. The van der Waals surface area contributed by atoms with Gasteiger partial charge >= 0.3 is 34.4 Å². The molecule has 0 fully saturated rings. The van der Waals surface area contributed by atoms with Crippen LogP contribution in [0.4, 0.5) is 0 Å². The first-order valence-electron chi connectivity index (χ1n) is 0.698. The van der Waals surface area contributed by atoms with Crippen molar-refractivity contribution in [3.05, 3.63) is 0 Å². The predicted octanol–water partition coefficient (Wildman–Crippen LogP) is -0.543. The maximum atomic E-state index is 9.01. The normalized spacial score (nSPS) is 12.3. The molecule has 0 aliphatic carbocycles. The van der Waals surface area contributed by atoms with Crippen LogP contribution in [0.25, 0.3) is 0 Å². The minimum Gasteiger partial charge on any atom is -1.00 e. The summed E-state index contributed by atoms with van der Waals surface area (Å²) in [6.45, 7) is 0. The van der Waals surface area contributed by atoms with Crippen LogP contribution in [0.3, 0.4) is 0 Å². The molecule has 0 aromatic rings. The van der Waals surface area contributed by atoms with E-state index in [4.69, 9.17) is 14.0 Å². The molecule has 0 rings (SSSR count). The zero-order chi connectivity index (χ0) is 4.28. The number of hydrogen-bond acceptors (Lipinski definition) is 3. The van der Waals surface area contributed by atoms with Crippen molar-refractivity contribution >= 4 is 34.4 Å². The van der Waals surface area contributed by atoms with Crippen LogP contribution in [0.2, 0.25) is 0 Å². The fraction of sp³-hybridized carbons (Fsp3) is 0. The van der Waals surface area contributed by atoms with Crippen LogP contribution >= 0.6 is 0 Å². The van der Waals surface area contributed by atoms with Crippen molar-refractivity contribution < 1.29 is 21.2 Å². The van der Waals surface area contributed by atoms with Gasteiger partial charge < -0.3 is 2.85 Å². The van der Waals surface area contributed by atoms with Gasteiger partial charge in [-0.05, 0) is 0 Å². The van der Waals surface area contributed by atoms with E-state index in [-0.39, 0.29) is 25.9 Å². The molecule has 0 bridgehead atoms. The average molecular weight is 124 g/mol. The van der Waals surface area contributed by atoms with Gasteiger partial charge in [0.25, 0.3) is 0 Å². The topological polar surface area (TPSA) is 66.8 Å². The molecule has 0 aromatic heterocycles. The summed E-state index contributed by atoms with van der Waals surface area (Å²) in [5, 5.41) is 7.09. The van der Waals surface area contributed by atoms with E-state index in [2.05, 4.69) is 4.33 Å². The minimum absolute atomic E-state index is 0. The monoisotopic (exact) mass is 124 g/mol. The second kappa shape index (κ2) is 5.80. The van der Waals surface area contributed by atoms with Crippen LogP contribution in [-0.2, 0) is 15.7 Å².